The highest BCUT2D eigenvalue weighted by molar-refractivity contribution is 5.66. The van der Waals surface area contributed by atoms with Crippen molar-refractivity contribution in [3.8, 4) is 17.9 Å². The van der Waals surface area contributed by atoms with Crippen LogP contribution in [0.15, 0.2) is 6.20 Å². The van der Waals surface area contributed by atoms with E-state index in [1.165, 1.54) is 6.20 Å². The van der Waals surface area contributed by atoms with E-state index in [0.717, 1.165) is 5.56 Å². The van der Waals surface area contributed by atoms with Crippen molar-refractivity contribution in [3.63, 3.8) is 0 Å². The van der Waals surface area contributed by atoms with Crippen molar-refractivity contribution in [1.29, 1.82) is 5.26 Å². The standard InChI is InChI=1S/C9H8N4/c1-6-7(3-2-4-10)5-13-9(12)8(6)11/h5H,11H2,1H3,(H2,12,13). The van der Waals surface area contributed by atoms with Crippen LogP contribution in [0.1, 0.15) is 11.1 Å². The van der Waals surface area contributed by atoms with E-state index in [-0.39, 0.29) is 0 Å². The summed E-state index contributed by atoms with van der Waals surface area (Å²) in [6, 6.07) is 1.72. The molecule has 4 heteroatoms. The summed E-state index contributed by atoms with van der Waals surface area (Å²) < 4.78 is 0. The fourth-order valence-electron chi connectivity index (χ4n) is 0.859. The largest absolute Gasteiger partial charge is 0.395 e. The van der Waals surface area contributed by atoms with E-state index in [1.807, 2.05) is 0 Å². The molecular weight excluding hydrogens is 164 g/mol. The molecule has 0 radical (unpaired) electrons. The van der Waals surface area contributed by atoms with Gasteiger partial charge < -0.3 is 11.5 Å². The lowest BCUT2D eigenvalue weighted by Crippen LogP contribution is -2.01. The summed E-state index contributed by atoms with van der Waals surface area (Å²) in [5.41, 5.74) is 12.9. The molecule has 1 aromatic heterocycles. The van der Waals surface area contributed by atoms with Crippen molar-refractivity contribution in [1.82, 2.24) is 4.98 Å². The molecule has 0 saturated carbocycles. The van der Waals surface area contributed by atoms with Gasteiger partial charge in [0.2, 0.25) is 0 Å². The van der Waals surface area contributed by atoms with Crippen molar-refractivity contribution in [3.05, 3.63) is 17.3 Å². The van der Waals surface area contributed by atoms with E-state index >= 15 is 0 Å². The Morgan fingerprint density at radius 2 is 2.15 bits per heavy atom. The van der Waals surface area contributed by atoms with Gasteiger partial charge in [-0.2, -0.15) is 5.26 Å². The summed E-state index contributed by atoms with van der Waals surface area (Å²) in [7, 11) is 0. The molecule has 0 atom stereocenters. The van der Waals surface area contributed by atoms with Crippen molar-refractivity contribution in [2.75, 3.05) is 11.5 Å². The second-order valence-corrected chi connectivity index (χ2v) is 2.46. The molecule has 0 fully saturated rings. The summed E-state index contributed by atoms with van der Waals surface area (Å²) in [6.07, 6.45) is 1.51. The first kappa shape index (κ1) is 8.89. The van der Waals surface area contributed by atoms with Crippen LogP contribution in [-0.2, 0) is 0 Å². The van der Waals surface area contributed by atoms with Gasteiger partial charge in [0.15, 0.2) is 6.07 Å². The van der Waals surface area contributed by atoms with Crippen molar-refractivity contribution >= 4 is 11.5 Å². The highest BCUT2D eigenvalue weighted by Gasteiger charge is 2.03. The zero-order chi connectivity index (χ0) is 9.84. The Hall–Kier alpha value is -2.20. The van der Waals surface area contributed by atoms with E-state index in [0.29, 0.717) is 17.1 Å². The molecule has 0 unspecified atom stereocenters. The number of pyridine rings is 1. The quantitative estimate of drug-likeness (QED) is 0.555. The lowest BCUT2D eigenvalue weighted by atomic mass is 10.1. The molecule has 0 aliphatic heterocycles. The first-order chi connectivity index (χ1) is 6.16. The number of nitrogens with two attached hydrogens (primary N) is 2. The molecule has 0 saturated heterocycles. The number of aromatic nitrogens is 1. The van der Waals surface area contributed by atoms with Crippen LogP contribution >= 0.6 is 0 Å². The van der Waals surface area contributed by atoms with E-state index < -0.39 is 0 Å². The van der Waals surface area contributed by atoms with Crippen LogP contribution in [0.25, 0.3) is 0 Å². The smallest absolute Gasteiger partial charge is 0.152 e. The third-order valence-electron chi connectivity index (χ3n) is 1.67. The molecular formula is C9H8N4. The van der Waals surface area contributed by atoms with E-state index in [2.05, 4.69) is 16.8 Å². The van der Waals surface area contributed by atoms with Gasteiger partial charge in [-0.15, -0.1) is 0 Å². The zero-order valence-electron chi connectivity index (χ0n) is 7.13. The van der Waals surface area contributed by atoms with Crippen molar-refractivity contribution in [2.24, 2.45) is 0 Å². The molecule has 1 aromatic rings. The van der Waals surface area contributed by atoms with Gasteiger partial charge in [-0.05, 0) is 18.4 Å². The van der Waals surface area contributed by atoms with Crippen LogP contribution in [-0.4, -0.2) is 4.98 Å². The molecule has 0 aliphatic rings. The number of nitrogens with zero attached hydrogens (tertiary/aromatic N) is 2. The minimum absolute atomic E-state index is 0.292. The molecule has 0 aliphatic carbocycles. The van der Waals surface area contributed by atoms with Crippen LogP contribution in [0, 0.1) is 30.1 Å². The monoisotopic (exact) mass is 172 g/mol. The molecule has 0 bridgehead atoms. The van der Waals surface area contributed by atoms with Gasteiger partial charge in [0.1, 0.15) is 5.82 Å². The van der Waals surface area contributed by atoms with Gasteiger partial charge in [0.25, 0.3) is 0 Å². The number of rotatable bonds is 0. The number of anilines is 2. The predicted molar refractivity (Wildman–Crippen MR) is 50.3 cm³/mol. The van der Waals surface area contributed by atoms with Crippen LogP contribution in [0.2, 0.25) is 0 Å². The van der Waals surface area contributed by atoms with Gasteiger partial charge in [0.05, 0.1) is 5.69 Å². The zero-order valence-corrected chi connectivity index (χ0v) is 7.13. The normalized spacial score (nSPS) is 8.31. The van der Waals surface area contributed by atoms with Crippen LogP contribution in [0.3, 0.4) is 0 Å². The highest BCUT2D eigenvalue weighted by Crippen LogP contribution is 2.18. The second kappa shape index (κ2) is 3.46. The molecule has 0 spiro atoms. The topological polar surface area (TPSA) is 88.7 Å². The number of hydrogen-bond donors (Lipinski definition) is 2. The average Bonchev–Trinajstić information content (AvgIpc) is 2.13. The molecule has 1 heterocycles. The van der Waals surface area contributed by atoms with Gasteiger partial charge in [-0.3, -0.25) is 0 Å². The van der Waals surface area contributed by atoms with Crippen molar-refractivity contribution < 1.29 is 0 Å². The predicted octanol–water partition coefficient (Wildman–Crippen LogP) is 0.429. The fraction of sp³-hybridized carbons (Fsp3) is 0.111. The Morgan fingerprint density at radius 3 is 2.77 bits per heavy atom. The number of hydrogen-bond acceptors (Lipinski definition) is 4. The van der Waals surface area contributed by atoms with E-state index in [9.17, 15) is 0 Å². The molecule has 0 amide bonds. The molecule has 4 N–H and O–H groups in total. The lowest BCUT2D eigenvalue weighted by Gasteiger charge is -2.03. The lowest BCUT2D eigenvalue weighted by molar-refractivity contribution is 1.28. The SMILES string of the molecule is Cc1c(C#CC#N)cnc(N)c1N. The summed E-state index contributed by atoms with van der Waals surface area (Å²) >= 11 is 0. The number of nitriles is 1. The average molecular weight is 172 g/mol. The molecule has 1 rings (SSSR count). The minimum Gasteiger partial charge on any atom is -0.395 e. The van der Waals surface area contributed by atoms with Crippen molar-refractivity contribution in [2.45, 2.75) is 6.92 Å². The van der Waals surface area contributed by atoms with Gasteiger partial charge >= 0.3 is 0 Å². The molecule has 64 valence electrons. The fourth-order valence-corrected chi connectivity index (χ4v) is 0.859. The number of nitrogen functional groups attached to an aromatic ring is 2. The summed E-state index contributed by atoms with van der Waals surface area (Å²) in [6.45, 7) is 1.79. The van der Waals surface area contributed by atoms with Gasteiger partial charge in [-0.25, -0.2) is 4.98 Å². The highest BCUT2D eigenvalue weighted by atomic mass is 14.9. The Kier molecular flexibility index (Phi) is 2.37. The first-order valence-corrected chi connectivity index (χ1v) is 3.57. The maximum Gasteiger partial charge on any atom is 0.152 e. The summed E-state index contributed by atoms with van der Waals surface area (Å²) in [5.74, 6) is 5.18. The van der Waals surface area contributed by atoms with E-state index in [1.54, 1.807) is 13.0 Å². The van der Waals surface area contributed by atoms with Crippen LogP contribution < -0.4 is 11.5 Å². The molecule has 0 aromatic carbocycles. The Balaban J connectivity index is 3.28. The van der Waals surface area contributed by atoms with E-state index in [4.69, 9.17) is 16.7 Å². The third kappa shape index (κ3) is 1.69. The Bertz CT molecular complexity index is 431. The van der Waals surface area contributed by atoms with Crippen LogP contribution in [0.4, 0.5) is 11.5 Å². The third-order valence-corrected chi connectivity index (χ3v) is 1.67. The summed E-state index contributed by atoms with van der Waals surface area (Å²) in [5, 5.41) is 8.24. The maximum absolute atomic E-state index is 8.24. The molecule has 4 nitrogen and oxygen atoms in total. The first-order valence-electron chi connectivity index (χ1n) is 3.57. The van der Waals surface area contributed by atoms with Crippen LogP contribution in [0.5, 0.6) is 0 Å². The maximum atomic E-state index is 8.24. The van der Waals surface area contributed by atoms with Gasteiger partial charge in [-0.1, -0.05) is 0 Å². The Labute approximate surface area is 76.2 Å². The molecule has 13 heavy (non-hydrogen) atoms. The summed E-state index contributed by atoms with van der Waals surface area (Å²) in [4.78, 5) is 3.83. The second-order valence-electron chi connectivity index (χ2n) is 2.46. The minimum atomic E-state index is 0.292. The Morgan fingerprint density at radius 1 is 1.46 bits per heavy atom. The van der Waals surface area contributed by atoms with Gasteiger partial charge in [0, 0.05) is 17.7 Å².